The van der Waals surface area contributed by atoms with Crippen LogP contribution >= 0.6 is 0 Å². The molecule has 1 N–H and O–H groups in total. The molecule has 0 radical (unpaired) electrons. The molecule has 4 rings (SSSR count). The summed E-state index contributed by atoms with van der Waals surface area (Å²) in [5.41, 5.74) is 2.40. The number of fused-ring (bicyclic) bond motifs is 1. The number of carbonyl (C=O) groups excluding carboxylic acids is 1. The van der Waals surface area contributed by atoms with E-state index >= 15 is 0 Å². The summed E-state index contributed by atoms with van der Waals surface area (Å²) >= 11 is 0. The van der Waals surface area contributed by atoms with E-state index in [9.17, 15) is 14.4 Å². The predicted molar refractivity (Wildman–Crippen MR) is 144 cm³/mol. The van der Waals surface area contributed by atoms with E-state index < -0.39 is 11.5 Å². The van der Waals surface area contributed by atoms with Gasteiger partial charge in [-0.25, -0.2) is 4.79 Å². The molecule has 8 nitrogen and oxygen atoms in total. The van der Waals surface area contributed by atoms with Crippen LogP contribution in [0.5, 0.6) is 5.75 Å². The van der Waals surface area contributed by atoms with E-state index in [1.807, 2.05) is 48.5 Å². The molecule has 0 saturated carbocycles. The van der Waals surface area contributed by atoms with Crippen LogP contribution in [0, 0.1) is 6.92 Å². The molecule has 0 aliphatic heterocycles. The maximum Gasteiger partial charge on any atom is 0.349 e. The van der Waals surface area contributed by atoms with Crippen LogP contribution in [0.1, 0.15) is 41.2 Å². The highest BCUT2D eigenvalue weighted by Crippen LogP contribution is 2.22. The number of anilines is 1. The lowest BCUT2D eigenvalue weighted by molar-refractivity contribution is 0.0946. The Hall–Kier alpha value is -4.33. The van der Waals surface area contributed by atoms with Crippen molar-refractivity contribution in [1.82, 2.24) is 9.88 Å². The fraction of sp³-hybridized carbons (Fsp3) is 0.276. The van der Waals surface area contributed by atoms with Crippen molar-refractivity contribution in [2.45, 2.75) is 33.9 Å². The minimum atomic E-state index is -0.722. The summed E-state index contributed by atoms with van der Waals surface area (Å²) in [6.07, 6.45) is 0. The number of benzene rings is 2. The molecular formula is C29H31N3O5. The second-order valence-electron chi connectivity index (χ2n) is 8.78. The molecule has 2 heterocycles. The lowest BCUT2D eigenvalue weighted by Gasteiger charge is -2.21. The first kappa shape index (κ1) is 25.8. The fourth-order valence-electron chi connectivity index (χ4n) is 4.25. The number of aryl methyl sites for hydroxylation is 1. The van der Waals surface area contributed by atoms with Gasteiger partial charge in [0.25, 0.3) is 5.91 Å². The average molecular weight is 502 g/mol. The van der Waals surface area contributed by atoms with Crippen molar-refractivity contribution >= 4 is 22.6 Å². The molecule has 0 aliphatic rings. The summed E-state index contributed by atoms with van der Waals surface area (Å²) in [6.45, 7) is 7.77. The molecule has 0 atom stereocenters. The Morgan fingerprint density at radius 1 is 1.03 bits per heavy atom. The summed E-state index contributed by atoms with van der Waals surface area (Å²) in [6, 6.07) is 18.1. The molecule has 0 bridgehead atoms. The largest absolute Gasteiger partial charge is 0.483 e. The molecule has 37 heavy (non-hydrogen) atoms. The predicted octanol–water partition coefficient (Wildman–Crippen LogP) is 4.16. The van der Waals surface area contributed by atoms with Crippen LogP contribution in [0.3, 0.4) is 0 Å². The summed E-state index contributed by atoms with van der Waals surface area (Å²) in [5, 5.41) is 3.40. The highest BCUT2D eigenvalue weighted by atomic mass is 16.5. The Kier molecular flexibility index (Phi) is 7.77. The quantitative estimate of drug-likeness (QED) is 0.346. The highest BCUT2D eigenvalue weighted by molar-refractivity contribution is 5.97. The number of amides is 1. The van der Waals surface area contributed by atoms with Gasteiger partial charge in [-0.2, -0.15) is 0 Å². The molecule has 4 aromatic rings. The van der Waals surface area contributed by atoms with Gasteiger partial charge in [0.05, 0.1) is 12.2 Å². The van der Waals surface area contributed by atoms with Crippen molar-refractivity contribution in [2.24, 2.45) is 7.05 Å². The van der Waals surface area contributed by atoms with Gasteiger partial charge in [0, 0.05) is 49.0 Å². The van der Waals surface area contributed by atoms with Crippen LogP contribution in [0.2, 0.25) is 0 Å². The van der Waals surface area contributed by atoms with Gasteiger partial charge in [-0.05, 0) is 44.5 Å². The molecule has 8 heteroatoms. The van der Waals surface area contributed by atoms with Crippen LogP contribution in [0.4, 0.5) is 5.69 Å². The van der Waals surface area contributed by atoms with Crippen LogP contribution in [-0.2, 0) is 20.2 Å². The summed E-state index contributed by atoms with van der Waals surface area (Å²) in [4.78, 5) is 40.6. The monoisotopic (exact) mass is 501 g/mol. The zero-order chi connectivity index (χ0) is 26.5. The molecule has 0 unspecified atom stereocenters. The Morgan fingerprint density at radius 3 is 2.46 bits per heavy atom. The number of ether oxygens (including phenoxy) is 1. The Morgan fingerprint density at radius 2 is 1.76 bits per heavy atom. The molecule has 192 valence electrons. The number of nitrogens with zero attached hydrogens (tertiary/aromatic N) is 2. The third-order valence-electron chi connectivity index (χ3n) is 6.49. The van der Waals surface area contributed by atoms with Gasteiger partial charge in [0.2, 0.25) is 5.43 Å². The maximum atomic E-state index is 13.0. The number of hydrogen-bond donors (Lipinski definition) is 1. The summed E-state index contributed by atoms with van der Waals surface area (Å²) in [5.74, 6) is -0.432. The third kappa shape index (κ3) is 5.58. The smallest absolute Gasteiger partial charge is 0.349 e. The van der Waals surface area contributed by atoms with E-state index in [1.165, 1.54) is 12.1 Å². The van der Waals surface area contributed by atoms with Crippen LogP contribution in [0.25, 0.3) is 11.0 Å². The van der Waals surface area contributed by atoms with E-state index in [4.69, 9.17) is 9.15 Å². The standard InChI is InChI=1S/C29H31N3O5/c1-5-32(6-2)22-13-12-21-15-23(29(35)37-26(21)16-22)28(34)30-17-24-27(25(33)14-19(3)31(24)4)36-18-20-10-8-7-9-11-20/h7-16H,5-6,17-18H2,1-4H3,(H,30,34). The Balaban J connectivity index is 1.58. The lowest BCUT2D eigenvalue weighted by atomic mass is 10.1. The summed E-state index contributed by atoms with van der Waals surface area (Å²) < 4.78 is 13.2. The first-order valence-electron chi connectivity index (χ1n) is 12.3. The number of aromatic nitrogens is 1. The van der Waals surface area contributed by atoms with Crippen molar-refractivity contribution in [3.05, 3.63) is 104 Å². The van der Waals surface area contributed by atoms with Crippen LogP contribution < -0.4 is 26.0 Å². The molecule has 2 aromatic heterocycles. The minimum Gasteiger partial charge on any atom is -0.483 e. The fourth-order valence-corrected chi connectivity index (χ4v) is 4.25. The van der Waals surface area contributed by atoms with Crippen molar-refractivity contribution in [2.75, 3.05) is 18.0 Å². The van der Waals surface area contributed by atoms with Gasteiger partial charge in [0.1, 0.15) is 17.8 Å². The van der Waals surface area contributed by atoms with Crippen LogP contribution in [0.15, 0.2) is 74.7 Å². The zero-order valence-electron chi connectivity index (χ0n) is 21.5. The SMILES string of the molecule is CCN(CC)c1ccc2cc(C(=O)NCc3c(OCc4ccccc4)c(=O)cc(C)n3C)c(=O)oc2c1. The van der Waals surface area contributed by atoms with Gasteiger partial charge < -0.3 is 23.9 Å². The van der Waals surface area contributed by atoms with E-state index in [0.29, 0.717) is 16.7 Å². The second-order valence-corrected chi connectivity index (χ2v) is 8.78. The number of pyridine rings is 1. The second kappa shape index (κ2) is 11.2. The molecule has 0 spiro atoms. The Labute approximate surface area is 215 Å². The first-order valence-corrected chi connectivity index (χ1v) is 12.3. The van der Waals surface area contributed by atoms with E-state index in [0.717, 1.165) is 30.0 Å². The topological polar surface area (TPSA) is 93.8 Å². The molecule has 2 aromatic carbocycles. The van der Waals surface area contributed by atoms with Crippen molar-refractivity contribution in [1.29, 1.82) is 0 Å². The van der Waals surface area contributed by atoms with Gasteiger partial charge >= 0.3 is 5.63 Å². The molecule has 0 aliphatic carbocycles. The van der Waals surface area contributed by atoms with Gasteiger partial charge in [-0.3, -0.25) is 9.59 Å². The third-order valence-corrected chi connectivity index (χ3v) is 6.49. The lowest BCUT2D eigenvalue weighted by Crippen LogP contribution is -2.30. The molecule has 1 amide bonds. The van der Waals surface area contributed by atoms with E-state index in [-0.39, 0.29) is 29.9 Å². The van der Waals surface area contributed by atoms with Gasteiger partial charge in [0.15, 0.2) is 5.75 Å². The van der Waals surface area contributed by atoms with Gasteiger partial charge in [-0.1, -0.05) is 30.3 Å². The van der Waals surface area contributed by atoms with E-state index in [2.05, 4.69) is 24.1 Å². The minimum absolute atomic E-state index is 0.00521. The zero-order valence-corrected chi connectivity index (χ0v) is 21.5. The molecular weight excluding hydrogens is 470 g/mol. The number of carbonyl (C=O) groups is 1. The number of nitrogens with one attached hydrogen (secondary N) is 1. The normalized spacial score (nSPS) is 10.9. The van der Waals surface area contributed by atoms with Crippen LogP contribution in [-0.4, -0.2) is 23.6 Å². The molecule has 0 saturated heterocycles. The van der Waals surface area contributed by atoms with E-state index in [1.54, 1.807) is 18.5 Å². The van der Waals surface area contributed by atoms with Crippen molar-refractivity contribution in [3.8, 4) is 5.75 Å². The summed E-state index contributed by atoms with van der Waals surface area (Å²) in [7, 11) is 1.80. The highest BCUT2D eigenvalue weighted by Gasteiger charge is 2.18. The first-order chi connectivity index (χ1) is 17.8. The number of hydrogen-bond acceptors (Lipinski definition) is 6. The average Bonchev–Trinajstić information content (AvgIpc) is 2.90. The van der Waals surface area contributed by atoms with Crippen molar-refractivity contribution in [3.63, 3.8) is 0 Å². The van der Waals surface area contributed by atoms with Crippen molar-refractivity contribution < 1.29 is 13.9 Å². The van der Waals surface area contributed by atoms with Gasteiger partial charge in [-0.15, -0.1) is 0 Å². The molecule has 0 fully saturated rings. The Bertz CT molecular complexity index is 1540. The number of rotatable bonds is 9. The maximum absolute atomic E-state index is 13.0.